The van der Waals surface area contributed by atoms with Crippen LogP contribution in [-0.2, 0) is 13.1 Å². The van der Waals surface area contributed by atoms with Gasteiger partial charge in [0.2, 0.25) is 8.32 Å². The molecule has 2 aliphatic rings. The summed E-state index contributed by atoms with van der Waals surface area (Å²) in [5.41, 5.74) is 0.883. The van der Waals surface area contributed by atoms with Crippen molar-refractivity contribution in [2.75, 3.05) is 32.7 Å². The van der Waals surface area contributed by atoms with Gasteiger partial charge in [-0.1, -0.05) is 32.9 Å². The monoisotopic (exact) mass is 487 g/mol. The Balaban J connectivity index is 1.24. The molecule has 0 saturated carbocycles. The lowest BCUT2D eigenvalue weighted by atomic mass is 10.1. The van der Waals surface area contributed by atoms with E-state index in [4.69, 9.17) is 9.16 Å². The van der Waals surface area contributed by atoms with E-state index in [1.165, 1.54) is 11.8 Å². The second-order valence-corrected chi connectivity index (χ2v) is 16.1. The second kappa shape index (κ2) is 8.97. The van der Waals surface area contributed by atoms with E-state index in [0.29, 0.717) is 12.6 Å². The fraction of sp³-hybridized carbons (Fsp3) is 0.625. The van der Waals surface area contributed by atoms with Crippen LogP contribution in [0, 0.1) is 10.1 Å². The number of hydrogen-bond donors (Lipinski definition) is 0. The molecular formula is C24H37N5O4Si. The molecule has 1 atom stereocenters. The smallest absolute Gasteiger partial charge is 0.415 e. The first-order chi connectivity index (χ1) is 15.8. The quantitative estimate of drug-likeness (QED) is 0.329. The number of rotatable bonds is 7. The highest BCUT2D eigenvalue weighted by Gasteiger charge is 2.42. The van der Waals surface area contributed by atoms with Gasteiger partial charge in [-0.2, -0.15) is 0 Å². The Morgan fingerprint density at radius 3 is 2.32 bits per heavy atom. The molecule has 2 aliphatic heterocycles. The highest BCUT2D eigenvalue weighted by atomic mass is 28.4. The third-order valence-corrected chi connectivity index (χ3v) is 11.6. The average Bonchev–Trinajstić information content (AvgIpc) is 3.25. The molecule has 1 saturated heterocycles. The summed E-state index contributed by atoms with van der Waals surface area (Å²) >= 11 is 0. The van der Waals surface area contributed by atoms with E-state index in [-0.39, 0.29) is 10.9 Å². The molecule has 0 amide bonds. The summed E-state index contributed by atoms with van der Waals surface area (Å²) in [7, 11) is -1.82. The van der Waals surface area contributed by atoms with Gasteiger partial charge in [-0.25, -0.2) is 0 Å². The number of nitro groups is 1. The maximum absolute atomic E-state index is 10.9. The number of nitrogens with zero attached hydrogens (tertiary/aromatic N) is 5. The standard InChI is InChI=1S/C24H37N5O4Si/c1-23(2,3)34(5,6)33-20-9-7-19(8-10-20)15-26-11-13-27(14-12-26)17-24(4)18-28-16-21(29(30)31)25-22(28)32-24/h7-10,16H,11-15,17-18H2,1-6H3. The zero-order valence-corrected chi connectivity index (χ0v) is 22.2. The van der Waals surface area contributed by atoms with Crippen molar-refractivity contribution >= 4 is 14.1 Å². The molecule has 186 valence electrons. The number of piperazine rings is 1. The number of ether oxygens (including phenoxy) is 1. The van der Waals surface area contributed by atoms with E-state index < -0.39 is 18.8 Å². The lowest BCUT2D eigenvalue weighted by molar-refractivity contribution is -0.389. The molecule has 3 heterocycles. The average molecular weight is 488 g/mol. The maximum Gasteiger partial charge on any atom is 0.415 e. The molecule has 0 N–H and O–H groups in total. The molecule has 34 heavy (non-hydrogen) atoms. The number of benzene rings is 1. The summed E-state index contributed by atoms with van der Waals surface area (Å²) in [5, 5.41) is 11.1. The zero-order valence-electron chi connectivity index (χ0n) is 21.2. The van der Waals surface area contributed by atoms with Crippen molar-refractivity contribution in [3.63, 3.8) is 0 Å². The van der Waals surface area contributed by atoms with Gasteiger partial charge >= 0.3 is 11.8 Å². The summed E-state index contributed by atoms with van der Waals surface area (Å²) in [5.74, 6) is 0.806. The first-order valence-electron chi connectivity index (χ1n) is 12.0. The van der Waals surface area contributed by atoms with Crippen molar-refractivity contribution in [1.82, 2.24) is 19.4 Å². The van der Waals surface area contributed by atoms with Crippen LogP contribution in [0.4, 0.5) is 5.82 Å². The highest BCUT2D eigenvalue weighted by Crippen LogP contribution is 2.37. The molecule has 1 aromatic heterocycles. The summed E-state index contributed by atoms with van der Waals surface area (Å²) in [6.45, 7) is 19.6. The third-order valence-electron chi connectivity index (χ3n) is 7.29. The normalized spacial score (nSPS) is 21.8. The van der Waals surface area contributed by atoms with E-state index in [1.54, 1.807) is 4.57 Å². The molecule has 0 radical (unpaired) electrons. The summed E-state index contributed by atoms with van der Waals surface area (Å²) in [4.78, 5) is 19.3. The largest absolute Gasteiger partial charge is 0.544 e. The molecule has 4 rings (SSSR count). The van der Waals surface area contributed by atoms with Crippen LogP contribution in [0.3, 0.4) is 0 Å². The Hall–Kier alpha value is -2.43. The molecule has 1 fully saturated rings. The van der Waals surface area contributed by atoms with E-state index >= 15 is 0 Å². The van der Waals surface area contributed by atoms with Crippen molar-refractivity contribution in [1.29, 1.82) is 0 Å². The zero-order chi connectivity index (χ0) is 24.7. The van der Waals surface area contributed by atoms with Crippen LogP contribution in [-0.4, -0.2) is 70.9 Å². The fourth-order valence-electron chi connectivity index (χ4n) is 4.31. The Morgan fingerprint density at radius 1 is 1.15 bits per heavy atom. The predicted octanol–water partition coefficient (Wildman–Crippen LogP) is 4.14. The SMILES string of the molecule is CC1(CN2CCN(Cc3ccc(O[Si](C)(C)C(C)(C)C)cc3)CC2)Cn2cc([N+](=O)[O-])nc2O1. The first kappa shape index (κ1) is 24.7. The van der Waals surface area contributed by atoms with Crippen molar-refractivity contribution in [2.24, 2.45) is 0 Å². The van der Waals surface area contributed by atoms with Crippen LogP contribution in [0.25, 0.3) is 0 Å². The Kier molecular flexibility index (Phi) is 6.52. The fourth-order valence-corrected chi connectivity index (χ4v) is 5.34. The minimum atomic E-state index is -1.82. The van der Waals surface area contributed by atoms with Crippen molar-refractivity contribution in [3.8, 4) is 11.8 Å². The van der Waals surface area contributed by atoms with Gasteiger partial charge in [-0.05, 0) is 47.7 Å². The van der Waals surface area contributed by atoms with Gasteiger partial charge in [0.15, 0.2) is 0 Å². The summed E-state index contributed by atoms with van der Waals surface area (Å²) < 4.78 is 14.1. The van der Waals surface area contributed by atoms with Gasteiger partial charge in [0.05, 0.1) is 6.54 Å². The van der Waals surface area contributed by atoms with Gasteiger partial charge in [-0.15, -0.1) is 0 Å². The Morgan fingerprint density at radius 2 is 1.76 bits per heavy atom. The van der Waals surface area contributed by atoms with Crippen molar-refractivity contribution < 1.29 is 14.1 Å². The van der Waals surface area contributed by atoms with Gasteiger partial charge in [0.25, 0.3) is 0 Å². The van der Waals surface area contributed by atoms with E-state index in [0.717, 1.165) is 45.0 Å². The van der Waals surface area contributed by atoms with Gasteiger partial charge in [0.1, 0.15) is 17.5 Å². The number of fused-ring (bicyclic) bond motifs is 1. The molecule has 1 unspecified atom stereocenters. The molecule has 0 aliphatic carbocycles. The number of aromatic nitrogens is 2. The first-order valence-corrected chi connectivity index (χ1v) is 14.9. The van der Waals surface area contributed by atoms with Crippen LogP contribution in [0.1, 0.15) is 33.3 Å². The summed E-state index contributed by atoms with van der Waals surface area (Å²) in [6, 6.07) is 8.93. The maximum atomic E-state index is 10.9. The Labute approximate surface area is 202 Å². The lowest BCUT2D eigenvalue weighted by Gasteiger charge is -2.38. The molecule has 10 heteroatoms. The topological polar surface area (TPSA) is 85.9 Å². The molecule has 0 spiro atoms. The van der Waals surface area contributed by atoms with Crippen LogP contribution in [0.5, 0.6) is 11.8 Å². The van der Waals surface area contributed by atoms with Gasteiger partial charge in [0, 0.05) is 44.3 Å². The lowest BCUT2D eigenvalue weighted by Crippen LogP contribution is -2.52. The van der Waals surface area contributed by atoms with Crippen LogP contribution in [0.2, 0.25) is 18.1 Å². The van der Waals surface area contributed by atoms with Gasteiger partial charge < -0.3 is 19.3 Å². The summed E-state index contributed by atoms with van der Waals surface area (Å²) in [6.07, 6.45) is 1.46. The molecular weight excluding hydrogens is 450 g/mol. The molecule has 1 aromatic carbocycles. The third kappa shape index (κ3) is 5.45. The highest BCUT2D eigenvalue weighted by molar-refractivity contribution is 6.74. The number of hydrogen-bond acceptors (Lipinski definition) is 7. The Bertz CT molecular complexity index is 999. The predicted molar refractivity (Wildman–Crippen MR) is 134 cm³/mol. The van der Waals surface area contributed by atoms with Crippen LogP contribution < -0.4 is 9.16 Å². The van der Waals surface area contributed by atoms with Crippen LogP contribution in [0.15, 0.2) is 30.5 Å². The van der Waals surface area contributed by atoms with E-state index in [1.807, 2.05) is 6.92 Å². The molecule has 0 bridgehead atoms. The van der Waals surface area contributed by atoms with Crippen molar-refractivity contribution in [2.45, 2.75) is 64.5 Å². The van der Waals surface area contributed by atoms with E-state index in [9.17, 15) is 10.1 Å². The van der Waals surface area contributed by atoms with Crippen molar-refractivity contribution in [3.05, 3.63) is 46.1 Å². The van der Waals surface area contributed by atoms with Gasteiger partial charge in [-0.3, -0.25) is 14.4 Å². The molecule has 2 aromatic rings. The van der Waals surface area contributed by atoms with E-state index in [2.05, 4.69) is 72.9 Å². The molecule has 9 nitrogen and oxygen atoms in total. The number of imidazole rings is 1. The minimum absolute atomic E-state index is 0.162. The second-order valence-electron chi connectivity index (χ2n) is 11.4. The van der Waals surface area contributed by atoms with Crippen LogP contribution >= 0.6 is 0 Å². The minimum Gasteiger partial charge on any atom is -0.544 e.